The van der Waals surface area contributed by atoms with Crippen LogP contribution in [-0.2, 0) is 11.4 Å². The lowest BCUT2D eigenvalue weighted by Crippen LogP contribution is -2.48. The van der Waals surface area contributed by atoms with Gasteiger partial charge in [-0.3, -0.25) is 10.3 Å². The molecule has 0 aliphatic heterocycles. The van der Waals surface area contributed by atoms with Gasteiger partial charge in [-0.15, -0.1) is 0 Å². The zero-order valence-corrected chi connectivity index (χ0v) is 10.9. The van der Waals surface area contributed by atoms with E-state index in [2.05, 4.69) is 5.48 Å². The predicted octanol–water partition coefficient (Wildman–Crippen LogP) is 2.04. The normalized spacial score (nSPS) is 12.6. The van der Waals surface area contributed by atoms with Crippen LogP contribution in [0.4, 0.5) is 5.69 Å². The second-order valence-electron chi connectivity index (χ2n) is 5.17. The van der Waals surface area contributed by atoms with Gasteiger partial charge in [0.25, 0.3) is 0 Å². The van der Waals surface area contributed by atoms with Crippen LogP contribution in [0.1, 0.15) is 33.3 Å². The first kappa shape index (κ1) is 14.0. The third-order valence-corrected chi connectivity index (χ3v) is 3.09. The van der Waals surface area contributed by atoms with Gasteiger partial charge in [0.2, 0.25) is 0 Å². The molecular formula is C13H22N2O2. The maximum Gasteiger partial charge on any atom is 0.118 e. The molecule has 0 amide bonds. The van der Waals surface area contributed by atoms with Crippen LogP contribution in [0.2, 0.25) is 0 Å². The van der Waals surface area contributed by atoms with Crippen molar-refractivity contribution in [2.24, 2.45) is 5.73 Å². The van der Waals surface area contributed by atoms with Crippen molar-refractivity contribution in [1.29, 1.82) is 0 Å². The number of aliphatic hydroxyl groups is 1. The lowest BCUT2D eigenvalue weighted by Gasteiger charge is -2.36. The number of hydrogen-bond acceptors (Lipinski definition) is 4. The molecule has 0 unspecified atom stereocenters. The first-order valence-electron chi connectivity index (χ1n) is 5.72. The van der Waals surface area contributed by atoms with E-state index in [0.29, 0.717) is 6.54 Å². The quantitative estimate of drug-likeness (QED) is 0.687. The molecule has 0 saturated carbocycles. The van der Waals surface area contributed by atoms with Gasteiger partial charge in [0.15, 0.2) is 0 Å². The van der Waals surface area contributed by atoms with Crippen molar-refractivity contribution < 1.29 is 9.94 Å². The first-order valence-corrected chi connectivity index (χ1v) is 5.72. The molecular weight excluding hydrogens is 216 g/mol. The van der Waals surface area contributed by atoms with E-state index >= 15 is 0 Å². The Labute approximate surface area is 103 Å². The highest BCUT2D eigenvalue weighted by Gasteiger charge is 2.36. The highest BCUT2D eigenvalue weighted by molar-refractivity contribution is 5.42. The van der Waals surface area contributed by atoms with Gasteiger partial charge in [-0.1, -0.05) is 12.1 Å². The van der Waals surface area contributed by atoms with Crippen molar-refractivity contribution in [3.05, 3.63) is 29.8 Å². The topological polar surface area (TPSA) is 67.5 Å². The Kier molecular flexibility index (Phi) is 4.14. The highest BCUT2D eigenvalue weighted by atomic mass is 16.7. The Morgan fingerprint density at radius 1 is 1.18 bits per heavy atom. The van der Waals surface area contributed by atoms with Crippen LogP contribution in [0.5, 0.6) is 0 Å². The fourth-order valence-electron chi connectivity index (χ4n) is 1.02. The number of nitrogens with two attached hydrogens (primary N) is 1. The fraction of sp³-hybridized carbons (Fsp3) is 0.538. The maximum absolute atomic E-state index is 9.92. The molecule has 1 aromatic rings. The minimum atomic E-state index is -0.933. The lowest BCUT2D eigenvalue weighted by molar-refractivity contribution is -0.130. The Hall–Kier alpha value is -1.10. The Morgan fingerprint density at radius 3 is 2.12 bits per heavy atom. The average Bonchev–Trinajstić information content (AvgIpc) is 2.25. The van der Waals surface area contributed by atoms with Gasteiger partial charge in [-0.2, -0.15) is 0 Å². The Balaban J connectivity index is 2.61. The second-order valence-corrected chi connectivity index (χ2v) is 5.17. The smallest absolute Gasteiger partial charge is 0.118 e. The van der Waals surface area contributed by atoms with Gasteiger partial charge in [-0.25, -0.2) is 0 Å². The van der Waals surface area contributed by atoms with Crippen LogP contribution in [0.25, 0.3) is 0 Å². The van der Waals surface area contributed by atoms with E-state index in [4.69, 9.17) is 10.6 Å². The molecule has 0 saturated heterocycles. The lowest BCUT2D eigenvalue weighted by atomic mass is 9.90. The summed E-state index contributed by atoms with van der Waals surface area (Å²) in [4.78, 5) is 5.52. The summed E-state index contributed by atoms with van der Waals surface area (Å²) in [5.41, 5.74) is 8.63. The van der Waals surface area contributed by atoms with Gasteiger partial charge in [-0.05, 0) is 45.4 Å². The molecule has 0 fully saturated rings. The molecule has 4 heteroatoms. The van der Waals surface area contributed by atoms with Gasteiger partial charge in [0.1, 0.15) is 5.60 Å². The molecule has 0 aliphatic carbocycles. The van der Waals surface area contributed by atoms with E-state index in [0.717, 1.165) is 11.3 Å². The van der Waals surface area contributed by atoms with Crippen molar-refractivity contribution in [3.63, 3.8) is 0 Å². The van der Waals surface area contributed by atoms with Crippen molar-refractivity contribution in [2.75, 3.05) is 5.48 Å². The summed E-state index contributed by atoms with van der Waals surface area (Å²) < 4.78 is 0. The summed E-state index contributed by atoms with van der Waals surface area (Å²) in [5, 5.41) is 9.92. The summed E-state index contributed by atoms with van der Waals surface area (Å²) in [6.07, 6.45) is 0. The summed E-state index contributed by atoms with van der Waals surface area (Å²) >= 11 is 0. The second kappa shape index (κ2) is 5.04. The third kappa shape index (κ3) is 3.70. The van der Waals surface area contributed by atoms with Crippen molar-refractivity contribution >= 4 is 5.69 Å². The largest absolute Gasteiger partial charge is 0.387 e. The van der Waals surface area contributed by atoms with Crippen LogP contribution < -0.4 is 11.2 Å². The molecule has 0 aliphatic rings. The minimum absolute atomic E-state index is 0.524. The number of hydrogen-bond donors (Lipinski definition) is 3. The van der Waals surface area contributed by atoms with Crippen molar-refractivity contribution in [2.45, 2.75) is 45.4 Å². The molecule has 1 rings (SSSR count). The van der Waals surface area contributed by atoms with E-state index in [1.807, 2.05) is 38.1 Å². The van der Waals surface area contributed by atoms with E-state index in [1.54, 1.807) is 13.8 Å². The summed E-state index contributed by atoms with van der Waals surface area (Å²) in [7, 11) is 0. The molecule has 0 aromatic heterocycles. The summed E-state index contributed by atoms with van der Waals surface area (Å²) in [6.45, 7) is 7.61. The van der Waals surface area contributed by atoms with Crippen molar-refractivity contribution in [1.82, 2.24) is 0 Å². The molecule has 0 heterocycles. The summed E-state index contributed by atoms with van der Waals surface area (Å²) in [6, 6.07) is 7.65. The SMILES string of the molecule is CC(C)(O)C(C)(C)ONc1ccc(CN)cc1. The standard InChI is InChI=1S/C13H22N2O2/c1-12(2,16)13(3,4)17-15-11-7-5-10(9-14)6-8-11/h5-8,15-16H,9,14H2,1-4H3. The van der Waals surface area contributed by atoms with E-state index in [1.165, 1.54) is 0 Å². The van der Waals surface area contributed by atoms with E-state index in [9.17, 15) is 5.11 Å². The Bertz CT molecular complexity index is 353. The highest BCUT2D eigenvalue weighted by Crippen LogP contribution is 2.25. The summed E-state index contributed by atoms with van der Waals surface area (Å²) in [5.74, 6) is 0. The maximum atomic E-state index is 9.92. The van der Waals surface area contributed by atoms with E-state index < -0.39 is 11.2 Å². The molecule has 0 spiro atoms. The number of benzene rings is 1. The zero-order valence-electron chi connectivity index (χ0n) is 10.9. The predicted molar refractivity (Wildman–Crippen MR) is 69.4 cm³/mol. The van der Waals surface area contributed by atoms with Crippen LogP contribution >= 0.6 is 0 Å². The molecule has 0 atom stereocenters. The van der Waals surface area contributed by atoms with Gasteiger partial charge in [0, 0.05) is 6.54 Å². The number of nitrogens with one attached hydrogen (secondary N) is 1. The van der Waals surface area contributed by atoms with Crippen LogP contribution in [-0.4, -0.2) is 16.3 Å². The van der Waals surface area contributed by atoms with Crippen LogP contribution in [0.3, 0.4) is 0 Å². The molecule has 4 nitrogen and oxygen atoms in total. The van der Waals surface area contributed by atoms with Crippen LogP contribution in [0.15, 0.2) is 24.3 Å². The minimum Gasteiger partial charge on any atom is -0.387 e. The van der Waals surface area contributed by atoms with Crippen molar-refractivity contribution in [3.8, 4) is 0 Å². The van der Waals surface area contributed by atoms with Gasteiger partial charge >= 0.3 is 0 Å². The average molecular weight is 238 g/mol. The monoisotopic (exact) mass is 238 g/mol. The van der Waals surface area contributed by atoms with E-state index in [-0.39, 0.29) is 0 Å². The van der Waals surface area contributed by atoms with Crippen LogP contribution in [0, 0.1) is 0 Å². The number of rotatable bonds is 5. The first-order chi connectivity index (χ1) is 7.76. The van der Waals surface area contributed by atoms with Gasteiger partial charge < -0.3 is 10.8 Å². The van der Waals surface area contributed by atoms with Gasteiger partial charge in [0.05, 0.1) is 11.3 Å². The molecule has 0 radical (unpaired) electrons. The molecule has 1 aromatic carbocycles. The third-order valence-electron chi connectivity index (χ3n) is 3.09. The Morgan fingerprint density at radius 2 is 1.71 bits per heavy atom. The zero-order chi connectivity index (χ0) is 13.1. The molecule has 96 valence electrons. The molecule has 4 N–H and O–H groups in total. The molecule has 17 heavy (non-hydrogen) atoms. The fourth-order valence-corrected chi connectivity index (χ4v) is 1.02. The number of anilines is 1. The molecule has 0 bridgehead atoms.